The predicted molar refractivity (Wildman–Crippen MR) is 83.4 cm³/mol. The molecule has 0 radical (unpaired) electrons. The number of thioether (sulfide) groups is 1. The predicted octanol–water partition coefficient (Wildman–Crippen LogP) is 3.82. The minimum Gasteiger partial charge on any atom is -0.496 e. The molecule has 0 heterocycles. The van der Waals surface area contributed by atoms with Crippen LogP contribution in [0.25, 0.3) is 0 Å². The highest BCUT2D eigenvalue weighted by Crippen LogP contribution is 2.28. The Balaban J connectivity index is 1.79. The molecule has 0 aliphatic carbocycles. The van der Waals surface area contributed by atoms with Crippen molar-refractivity contribution in [3.63, 3.8) is 0 Å². The molecular weight excluding hydrogens is 270 g/mol. The molecule has 0 atom stereocenters. The molecule has 0 saturated heterocycles. The molecule has 0 aromatic heterocycles. The van der Waals surface area contributed by atoms with E-state index in [2.05, 4.69) is 5.32 Å². The first-order valence-corrected chi connectivity index (χ1v) is 7.39. The Hall–Kier alpha value is -1.94. The van der Waals surface area contributed by atoms with Crippen LogP contribution in [-0.2, 0) is 4.79 Å². The summed E-state index contributed by atoms with van der Waals surface area (Å²) in [6, 6.07) is 17.3. The summed E-state index contributed by atoms with van der Waals surface area (Å²) in [5.41, 5.74) is 0.833. The van der Waals surface area contributed by atoms with Crippen molar-refractivity contribution >= 4 is 23.4 Å². The minimum atomic E-state index is 0.0265. The van der Waals surface area contributed by atoms with E-state index in [1.54, 1.807) is 18.9 Å². The fourth-order valence-corrected chi connectivity index (χ4v) is 2.71. The van der Waals surface area contributed by atoms with Gasteiger partial charge in [-0.1, -0.05) is 30.3 Å². The Morgan fingerprint density at radius 2 is 1.80 bits per heavy atom. The van der Waals surface area contributed by atoms with Crippen LogP contribution >= 0.6 is 11.8 Å². The number of nitrogens with one attached hydrogen (secondary N) is 1. The Bertz CT molecular complexity index is 557. The van der Waals surface area contributed by atoms with Crippen LogP contribution in [0.15, 0.2) is 59.5 Å². The molecule has 0 spiro atoms. The van der Waals surface area contributed by atoms with Crippen molar-refractivity contribution < 1.29 is 9.53 Å². The van der Waals surface area contributed by atoms with Crippen molar-refractivity contribution in [2.24, 2.45) is 0 Å². The molecule has 2 aromatic rings. The van der Waals surface area contributed by atoms with E-state index >= 15 is 0 Å². The van der Waals surface area contributed by atoms with Crippen LogP contribution in [0.2, 0.25) is 0 Å². The smallest absolute Gasteiger partial charge is 0.225 e. The van der Waals surface area contributed by atoms with Crippen LogP contribution in [0, 0.1) is 0 Å². The third-order valence-electron chi connectivity index (χ3n) is 2.71. The molecular formula is C16H17NO2S. The van der Waals surface area contributed by atoms with Crippen molar-refractivity contribution in [3.05, 3.63) is 54.6 Å². The highest BCUT2D eigenvalue weighted by molar-refractivity contribution is 7.99. The van der Waals surface area contributed by atoms with E-state index in [1.165, 1.54) is 0 Å². The van der Waals surface area contributed by atoms with Gasteiger partial charge in [0, 0.05) is 22.8 Å². The topological polar surface area (TPSA) is 38.3 Å². The van der Waals surface area contributed by atoms with Crippen LogP contribution < -0.4 is 10.1 Å². The van der Waals surface area contributed by atoms with Gasteiger partial charge in [-0.3, -0.25) is 4.79 Å². The lowest BCUT2D eigenvalue weighted by Crippen LogP contribution is -2.11. The largest absolute Gasteiger partial charge is 0.496 e. The average molecular weight is 287 g/mol. The number of methoxy groups -OCH3 is 1. The maximum Gasteiger partial charge on any atom is 0.225 e. The molecule has 0 bridgehead atoms. The monoisotopic (exact) mass is 287 g/mol. The number of hydrogen-bond acceptors (Lipinski definition) is 3. The second kappa shape index (κ2) is 7.60. The number of amides is 1. The Morgan fingerprint density at radius 1 is 1.10 bits per heavy atom. The summed E-state index contributed by atoms with van der Waals surface area (Å²) in [5, 5.41) is 2.87. The van der Waals surface area contributed by atoms with Gasteiger partial charge in [0.15, 0.2) is 0 Å². The van der Waals surface area contributed by atoms with Gasteiger partial charge in [0.2, 0.25) is 5.91 Å². The molecule has 2 rings (SSSR count). The van der Waals surface area contributed by atoms with Gasteiger partial charge in [-0.2, -0.15) is 0 Å². The number of anilines is 1. The molecule has 0 aliphatic rings. The molecule has 4 heteroatoms. The van der Waals surface area contributed by atoms with E-state index in [0.717, 1.165) is 22.1 Å². The van der Waals surface area contributed by atoms with E-state index in [1.807, 2.05) is 54.6 Å². The van der Waals surface area contributed by atoms with Gasteiger partial charge < -0.3 is 10.1 Å². The summed E-state index contributed by atoms with van der Waals surface area (Å²) in [5.74, 6) is 1.60. The molecule has 1 amide bonds. The second-order valence-electron chi connectivity index (χ2n) is 4.16. The number of carbonyl (C=O) groups is 1. The third-order valence-corrected chi connectivity index (χ3v) is 3.77. The first-order valence-electron chi connectivity index (χ1n) is 6.40. The zero-order valence-electron chi connectivity index (χ0n) is 11.3. The van der Waals surface area contributed by atoms with E-state index in [-0.39, 0.29) is 5.91 Å². The van der Waals surface area contributed by atoms with Crippen LogP contribution in [0.1, 0.15) is 6.42 Å². The number of para-hydroxylation sites is 2. The van der Waals surface area contributed by atoms with E-state index in [0.29, 0.717) is 6.42 Å². The molecule has 1 N–H and O–H groups in total. The van der Waals surface area contributed by atoms with Crippen molar-refractivity contribution in [2.75, 3.05) is 18.2 Å². The van der Waals surface area contributed by atoms with Crippen molar-refractivity contribution in [1.29, 1.82) is 0 Å². The van der Waals surface area contributed by atoms with E-state index in [4.69, 9.17) is 4.74 Å². The van der Waals surface area contributed by atoms with Crippen molar-refractivity contribution in [3.8, 4) is 5.75 Å². The van der Waals surface area contributed by atoms with Gasteiger partial charge in [-0.25, -0.2) is 0 Å². The number of benzene rings is 2. The van der Waals surface area contributed by atoms with Gasteiger partial charge in [0.1, 0.15) is 5.75 Å². The summed E-state index contributed by atoms with van der Waals surface area (Å²) in [6.45, 7) is 0. The zero-order valence-corrected chi connectivity index (χ0v) is 12.2. The average Bonchev–Trinajstić information content (AvgIpc) is 2.49. The summed E-state index contributed by atoms with van der Waals surface area (Å²) in [4.78, 5) is 12.9. The number of rotatable bonds is 6. The summed E-state index contributed by atoms with van der Waals surface area (Å²) >= 11 is 1.62. The normalized spacial score (nSPS) is 10.1. The third kappa shape index (κ3) is 4.31. The first-order chi connectivity index (χ1) is 9.79. The summed E-state index contributed by atoms with van der Waals surface area (Å²) < 4.78 is 5.28. The Kier molecular flexibility index (Phi) is 5.50. The SMILES string of the molecule is COc1ccccc1SCCC(=O)Nc1ccccc1. The van der Waals surface area contributed by atoms with Crippen LogP contribution in [0.5, 0.6) is 5.75 Å². The van der Waals surface area contributed by atoms with Gasteiger partial charge in [0.05, 0.1) is 7.11 Å². The summed E-state index contributed by atoms with van der Waals surface area (Å²) in [7, 11) is 1.65. The molecule has 3 nitrogen and oxygen atoms in total. The van der Waals surface area contributed by atoms with Crippen LogP contribution in [0.4, 0.5) is 5.69 Å². The molecule has 0 saturated carbocycles. The number of hydrogen-bond donors (Lipinski definition) is 1. The Labute approximate surface area is 123 Å². The maximum absolute atomic E-state index is 11.8. The van der Waals surface area contributed by atoms with E-state index < -0.39 is 0 Å². The van der Waals surface area contributed by atoms with Gasteiger partial charge in [0.25, 0.3) is 0 Å². The molecule has 20 heavy (non-hydrogen) atoms. The molecule has 0 unspecified atom stereocenters. The highest BCUT2D eigenvalue weighted by atomic mass is 32.2. The van der Waals surface area contributed by atoms with E-state index in [9.17, 15) is 4.79 Å². The molecule has 104 valence electrons. The second-order valence-corrected chi connectivity index (χ2v) is 5.30. The van der Waals surface area contributed by atoms with Crippen molar-refractivity contribution in [2.45, 2.75) is 11.3 Å². The fourth-order valence-electron chi connectivity index (χ4n) is 1.74. The van der Waals surface area contributed by atoms with Crippen LogP contribution in [-0.4, -0.2) is 18.8 Å². The minimum absolute atomic E-state index is 0.0265. The lowest BCUT2D eigenvalue weighted by atomic mass is 10.3. The standard InChI is InChI=1S/C16H17NO2S/c1-19-14-9-5-6-10-15(14)20-12-11-16(18)17-13-7-3-2-4-8-13/h2-10H,11-12H2,1H3,(H,17,18). The van der Waals surface area contributed by atoms with Gasteiger partial charge in [-0.15, -0.1) is 11.8 Å². The number of carbonyl (C=O) groups excluding carboxylic acids is 1. The molecule has 0 aliphatic heterocycles. The number of ether oxygens (including phenoxy) is 1. The van der Waals surface area contributed by atoms with Gasteiger partial charge in [-0.05, 0) is 24.3 Å². The molecule has 2 aromatic carbocycles. The fraction of sp³-hybridized carbons (Fsp3) is 0.188. The lowest BCUT2D eigenvalue weighted by Gasteiger charge is -2.08. The van der Waals surface area contributed by atoms with Crippen molar-refractivity contribution in [1.82, 2.24) is 0 Å². The molecule has 0 fully saturated rings. The maximum atomic E-state index is 11.8. The Morgan fingerprint density at radius 3 is 2.55 bits per heavy atom. The highest BCUT2D eigenvalue weighted by Gasteiger charge is 2.05. The van der Waals surface area contributed by atoms with Gasteiger partial charge >= 0.3 is 0 Å². The zero-order chi connectivity index (χ0) is 14.2. The van der Waals surface area contributed by atoms with Crippen LogP contribution in [0.3, 0.4) is 0 Å². The first kappa shape index (κ1) is 14.5. The quantitative estimate of drug-likeness (QED) is 0.821. The lowest BCUT2D eigenvalue weighted by molar-refractivity contribution is -0.115. The summed E-state index contributed by atoms with van der Waals surface area (Å²) in [6.07, 6.45) is 0.470.